The third-order valence-corrected chi connectivity index (χ3v) is 6.52. The zero-order valence-electron chi connectivity index (χ0n) is 15.7. The van der Waals surface area contributed by atoms with Crippen LogP contribution < -0.4 is 14.7 Å². The normalized spacial score (nSPS) is 21.0. The minimum atomic E-state index is 0.681. The topological polar surface area (TPSA) is 70.5 Å². The summed E-state index contributed by atoms with van der Waals surface area (Å²) in [4.78, 5) is 16.4. The molecule has 8 nitrogen and oxygen atoms in total. The molecule has 3 fully saturated rings. The van der Waals surface area contributed by atoms with Crippen LogP contribution in [0.4, 0.5) is 16.8 Å². The van der Waals surface area contributed by atoms with Gasteiger partial charge in [-0.1, -0.05) is 11.3 Å². The van der Waals surface area contributed by atoms with E-state index in [2.05, 4.69) is 35.9 Å². The van der Waals surface area contributed by atoms with Crippen molar-refractivity contribution in [2.45, 2.75) is 25.7 Å². The van der Waals surface area contributed by atoms with E-state index in [-0.39, 0.29) is 0 Å². The molecule has 0 atom stereocenters. The highest BCUT2D eigenvalue weighted by Gasteiger charge is 2.29. The summed E-state index contributed by atoms with van der Waals surface area (Å²) in [5, 5.41) is 11.1. The maximum atomic E-state index is 5.46. The van der Waals surface area contributed by atoms with Crippen LogP contribution in [0.2, 0.25) is 0 Å². The first-order valence-corrected chi connectivity index (χ1v) is 10.6. The molecule has 0 unspecified atom stereocenters. The monoisotopic (exact) mass is 387 g/mol. The Balaban J connectivity index is 1.26. The van der Waals surface area contributed by atoms with Gasteiger partial charge in [0.2, 0.25) is 5.13 Å². The van der Waals surface area contributed by atoms with Crippen molar-refractivity contribution >= 4 is 28.1 Å². The molecule has 27 heavy (non-hydrogen) atoms. The molecule has 2 saturated heterocycles. The first kappa shape index (κ1) is 17.1. The second kappa shape index (κ2) is 7.20. The smallest absolute Gasteiger partial charge is 0.208 e. The number of hydrogen-bond acceptors (Lipinski definition) is 9. The van der Waals surface area contributed by atoms with Crippen LogP contribution in [0.1, 0.15) is 29.6 Å². The Hall–Kier alpha value is -2.00. The molecule has 2 aromatic heterocycles. The Morgan fingerprint density at radius 3 is 2.19 bits per heavy atom. The van der Waals surface area contributed by atoms with Gasteiger partial charge in [-0.25, -0.2) is 9.97 Å². The van der Waals surface area contributed by atoms with Crippen LogP contribution in [0.15, 0.2) is 6.07 Å². The zero-order valence-corrected chi connectivity index (χ0v) is 16.5. The third-order valence-electron chi connectivity index (χ3n) is 5.38. The van der Waals surface area contributed by atoms with Crippen LogP contribution in [-0.4, -0.2) is 72.6 Å². The van der Waals surface area contributed by atoms with E-state index in [4.69, 9.17) is 9.72 Å². The van der Waals surface area contributed by atoms with Crippen LogP contribution in [0.25, 0.3) is 0 Å². The van der Waals surface area contributed by atoms with Crippen molar-refractivity contribution in [1.29, 1.82) is 0 Å². The maximum Gasteiger partial charge on any atom is 0.208 e. The number of nitrogens with zero attached hydrogens (tertiary/aromatic N) is 7. The van der Waals surface area contributed by atoms with Gasteiger partial charge in [0.05, 0.1) is 13.2 Å². The highest BCUT2D eigenvalue weighted by Crippen LogP contribution is 2.42. The first-order chi connectivity index (χ1) is 13.3. The summed E-state index contributed by atoms with van der Waals surface area (Å²) >= 11 is 1.77. The predicted octanol–water partition coefficient (Wildman–Crippen LogP) is 1.68. The van der Waals surface area contributed by atoms with E-state index in [1.165, 1.54) is 17.8 Å². The zero-order chi connectivity index (χ0) is 18.2. The molecule has 0 N–H and O–H groups in total. The molecule has 2 aromatic rings. The van der Waals surface area contributed by atoms with Gasteiger partial charge in [-0.15, -0.1) is 10.2 Å². The summed E-state index contributed by atoms with van der Waals surface area (Å²) in [5.74, 6) is 3.55. The Morgan fingerprint density at radius 1 is 0.889 bits per heavy atom. The fraction of sp³-hybridized carbons (Fsp3) is 0.667. The molecule has 0 aromatic carbocycles. The standard InChI is InChI=1S/C18H25N7OS/c1-13-19-15(12-16(20-13)24-8-10-26-11-9-24)23-4-6-25(7-5-23)18-22-21-17(27-18)14-2-3-14/h12,14H,2-11H2,1H3. The summed E-state index contributed by atoms with van der Waals surface area (Å²) in [6.07, 6.45) is 2.56. The second-order valence-electron chi connectivity index (χ2n) is 7.40. The Kier molecular flexibility index (Phi) is 4.56. The predicted molar refractivity (Wildman–Crippen MR) is 106 cm³/mol. The second-order valence-corrected chi connectivity index (χ2v) is 8.39. The molecule has 1 saturated carbocycles. The van der Waals surface area contributed by atoms with Gasteiger partial charge in [0.15, 0.2) is 0 Å². The van der Waals surface area contributed by atoms with Gasteiger partial charge in [-0.05, 0) is 19.8 Å². The van der Waals surface area contributed by atoms with Crippen LogP contribution in [-0.2, 0) is 4.74 Å². The minimum absolute atomic E-state index is 0.681. The van der Waals surface area contributed by atoms with Crippen molar-refractivity contribution in [3.05, 3.63) is 16.9 Å². The van der Waals surface area contributed by atoms with Gasteiger partial charge in [0.25, 0.3) is 0 Å². The number of aromatic nitrogens is 4. The highest BCUT2D eigenvalue weighted by atomic mass is 32.1. The van der Waals surface area contributed by atoms with E-state index in [0.717, 1.165) is 75.1 Å². The number of hydrogen-bond donors (Lipinski definition) is 0. The van der Waals surface area contributed by atoms with Crippen LogP contribution in [0, 0.1) is 6.92 Å². The van der Waals surface area contributed by atoms with E-state index < -0.39 is 0 Å². The van der Waals surface area contributed by atoms with Crippen molar-refractivity contribution in [3.63, 3.8) is 0 Å². The SMILES string of the molecule is Cc1nc(N2CCOCC2)cc(N2CCN(c3nnc(C4CC4)s3)CC2)n1. The van der Waals surface area contributed by atoms with Crippen molar-refractivity contribution in [2.24, 2.45) is 0 Å². The molecule has 0 spiro atoms. The van der Waals surface area contributed by atoms with E-state index in [9.17, 15) is 0 Å². The van der Waals surface area contributed by atoms with E-state index in [0.29, 0.717) is 5.92 Å². The molecule has 2 aliphatic heterocycles. The van der Waals surface area contributed by atoms with Crippen molar-refractivity contribution in [2.75, 3.05) is 67.2 Å². The molecule has 4 heterocycles. The number of anilines is 3. The van der Waals surface area contributed by atoms with E-state index >= 15 is 0 Å². The lowest BCUT2D eigenvalue weighted by Crippen LogP contribution is -2.47. The van der Waals surface area contributed by atoms with Gasteiger partial charge < -0.3 is 19.4 Å². The average molecular weight is 388 g/mol. The van der Waals surface area contributed by atoms with E-state index in [1.54, 1.807) is 11.3 Å². The van der Waals surface area contributed by atoms with Crippen molar-refractivity contribution in [1.82, 2.24) is 20.2 Å². The molecule has 0 radical (unpaired) electrons. The molecular weight excluding hydrogens is 362 g/mol. The van der Waals surface area contributed by atoms with Crippen molar-refractivity contribution in [3.8, 4) is 0 Å². The lowest BCUT2D eigenvalue weighted by Gasteiger charge is -2.35. The molecule has 0 amide bonds. The summed E-state index contributed by atoms with van der Waals surface area (Å²) < 4.78 is 5.46. The lowest BCUT2D eigenvalue weighted by molar-refractivity contribution is 0.122. The number of aryl methyl sites for hydroxylation is 1. The molecule has 0 bridgehead atoms. The number of piperazine rings is 1. The van der Waals surface area contributed by atoms with E-state index in [1.807, 2.05) is 6.92 Å². The number of morpholine rings is 1. The molecule has 1 aliphatic carbocycles. The van der Waals surface area contributed by atoms with Gasteiger partial charge in [0.1, 0.15) is 22.5 Å². The summed E-state index contributed by atoms with van der Waals surface area (Å²) in [7, 11) is 0. The number of rotatable bonds is 4. The molecule has 9 heteroatoms. The van der Waals surface area contributed by atoms with Crippen LogP contribution >= 0.6 is 11.3 Å². The van der Waals surface area contributed by atoms with Crippen molar-refractivity contribution < 1.29 is 4.74 Å². The van der Waals surface area contributed by atoms with Crippen LogP contribution in [0.3, 0.4) is 0 Å². The van der Waals surface area contributed by atoms with Crippen LogP contribution in [0.5, 0.6) is 0 Å². The Labute approximate surface area is 163 Å². The fourth-order valence-corrected chi connectivity index (χ4v) is 4.69. The quantitative estimate of drug-likeness (QED) is 0.785. The minimum Gasteiger partial charge on any atom is -0.378 e. The Bertz CT molecular complexity index is 795. The summed E-state index contributed by atoms with van der Waals surface area (Å²) in [6, 6.07) is 2.13. The fourth-order valence-electron chi connectivity index (χ4n) is 3.63. The first-order valence-electron chi connectivity index (χ1n) is 9.78. The number of ether oxygens (including phenoxy) is 1. The average Bonchev–Trinajstić information content (AvgIpc) is 3.45. The maximum absolute atomic E-state index is 5.46. The van der Waals surface area contributed by atoms with Gasteiger partial charge >= 0.3 is 0 Å². The third kappa shape index (κ3) is 3.70. The van der Waals surface area contributed by atoms with Gasteiger partial charge in [0, 0.05) is 51.3 Å². The lowest BCUT2D eigenvalue weighted by atomic mass is 10.3. The van der Waals surface area contributed by atoms with Gasteiger partial charge in [-0.3, -0.25) is 0 Å². The largest absolute Gasteiger partial charge is 0.378 e. The van der Waals surface area contributed by atoms with Gasteiger partial charge in [-0.2, -0.15) is 0 Å². The highest BCUT2D eigenvalue weighted by molar-refractivity contribution is 7.15. The molecule has 3 aliphatic rings. The molecular formula is C18H25N7OS. The molecule has 144 valence electrons. The summed E-state index contributed by atoms with van der Waals surface area (Å²) in [6.45, 7) is 9.08. The molecule has 5 rings (SSSR count). The summed E-state index contributed by atoms with van der Waals surface area (Å²) in [5.41, 5.74) is 0. The Morgan fingerprint density at radius 2 is 1.52 bits per heavy atom.